The lowest BCUT2D eigenvalue weighted by Gasteiger charge is -2.08. The number of amides is 1. The molecule has 2 aromatic carbocycles. The summed E-state index contributed by atoms with van der Waals surface area (Å²) in [5, 5.41) is 15.6. The Labute approximate surface area is 170 Å². The Morgan fingerprint density at radius 2 is 1.93 bits per heavy atom. The number of rotatable bonds is 7. The van der Waals surface area contributed by atoms with Crippen molar-refractivity contribution in [3.8, 4) is 22.8 Å². The predicted octanol–water partition coefficient (Wildman–Crippen LogP) is 4.39. The number of benzene rings is 2. The Hall–Kier alpha value is -3.72. The van der Waals surface area contributed by atoms with Crippen molar-refractivity contribution in [2.24, 2.45) is 0 Å². The van der Waals surface area contributed by atoms with E-state index in [1.165, 1.54) is 29.5 Å². The van der Waals surface area contributed by atoms with E-state index >= 15 is 0 Å². The van der Waals surface area contributed by atoms with E-state index in [1.54, 1.807) is 38.5 Å². The highest BCUT2D eigenvalue weighted by atomic mass is 32.1. The van der Waals surface area contributed by atoms with Crippen LogP contribution in [0.15, 0.2) is 53.9 Å². The van der Waals surface area contributed by atoms with E-state index in [9.17, 15) is 14.9 Å². The van der Waals surface area contributed by atoms with Crippen LogP contribution in [0.3, 0.4) is 0 Å². The second-order valence-corrected chi connectivity index (χ2v) is 6.63. The number of methoxy groups -OCH3 is 2. The molecule has 0 bridgehead atoms. The first-order chi connectivity index (χ1) is 14.0. The molecule has 3 aromatic rings. The molecule has 0 spiro atoms. The Bertz CT molecular complexity index is 1060. The van der Waals surface area contributed by atoms with Gasteiger partial charge in [0, 0.05) is 35.2 Å². The molecule has 29 heavy (non-hydrogen) atoms. The number of nitrogens with zero attached hydrogens (tertiary/aromatic N) is 2. The lowest BCUT2D eigenvalue weighted by Crippen LogP contribution is -2.07. The van der Waals surface area contributed by atoms with Crippen LogP contribution in [-0.2, 0) is 4.79 Å². The number of anilines is 1. The van der Waals surface area contributed by atoms with Gasteiger partial charge in [-0.05, 0) is 35.9 Å². The minimum absolute atomic E-state index is 0.00382. The van der Waals surface area contributed by atoms with Crippen molar-refractivity contribution >= 4 is 34.1 Å². The maximum atomic E-state index is 12.1. The summed E-state index contributed by atoms with van der Waals surface area (Å²) in [6.45, 7) is 0. The van der Waals surface area contributed by atoms with Crippen molar-refractivity contribution in [1.82, 2.24) is 4.98 Å². The summed E-state index contributed by atoms with van der Waals surface area (Å²) in [5.74, 6) is 0.933. The lowest BCUT2D eigenvalue weighted by molar-refractivity contribution is -0.384. The number of ether oxygens (including phenoxy) is 2. The normalized spacial score (nSPS) is 10.7. The Morgan fingerprint density at radius 3 is 2.59 bits per heavy atom. The molecule has 1 N–H and O–H groups in total. The highest BCUT2D eigenvalue weighted by Gasteiger charge is 2.12. The van der Waals surface area contributed by atoms with Crippen LogP contribution >= 0.6 is 11.3 Å². The predicted molar refractivity (Wildman–Crippen MR) is 111 cm³/mol. The number of nitro groups is 1. The van der Waals surface area contributed by atoms with Gasteiger partial charge in [-0.25, -0.2) is 4.98 Å². The van der Waals surface area contributed by atoms with Crippen LogP contribution in [0.1, 0.15) is 5.56 Å². The molecule has 0 atom stereocenters. The number of carbonyl (C=O) groups is 1. The van der Waals surface area contributed by atoms with Gasteiger partial charge < -0.3 is 9.47 Å². The van der Waals surface area contributed by atoms with Gasteiger partial charge in [-0.1, -0.05) is 0 Å². The van der Waals surface area contributed by atoms with E-state index in [0.29, 0.717) is 27.9 Å². The first kappa shape index (κ1) is 20.0. The van der Waals surface area contributed by atoms with Crippen LogP contribution in [0.2, 0.25) is 0 Å². The lowest BCUT2D eigenvalue weighted by atomic mass is 10.1. The van der Waals surface area contributed by atoms with Gasteiger partial charge in [0.2, 0.25) is 5.91 Å². The van der Waals surface area contributed by atoms with E-state index in [-0.39, 0.29) is 11.6 Å². The van der Waals surface area contributed by atoms with E-state index in [0.717, 1.165) is 5.56 Å². The van der Waals surface area contributed by atoms with E-state index in [4.69, 9.17) is 9.47 Å². The Morgan fingerprint density at radius 1 is 1.17 bits per heavy atom. The average Bonchev–Trinajstić information content (AvgIpc) is 3.20. The number of nitrogens with one attached hydrogen (secondary N) is 1. The molecule has 8 nitrogen and oxygen atoms in total. The fraction of sp³-hybridized carbons (Fsp3) is 0.100. The van der Waals surface area contributed by atoms with Gasteiger partial charge in [0.15, 0.2) is 5.13 Å². The molecule has 0 aliphatic heterocycles. The summed E-state index contributed by atoms with van der Waals surface area (Å²) in [6.07, 6.45) is 2.91. The van der Waals surface area contributed by atoms with Crippen LogP contribution in [0, 0.1) is 10.1 Å². The standard InChI is InChI=1S/C20H17N3O5S/c1-27-15-8-9-16(18(11-15)28-2)17-12-29-20(21-17)22-19(24)10-5-13-3-6-14(7-4-13)23(25)26/h3-12H,1-2H3,(H,21,22,24)/b10-5+. The summed E-state index contributed by atoms with van der Waals surface area (Å²) < 4.78 is 10.6. The molecule has 1 heterocycles. The van der Waals surface area contributed by atoms with E-state index < -0.39 is 4.92 Å². The van der Waals surface area contributed by atoms with Crippen LogP contribution < -0.4 is 14.8 Å². The highest BCUT2D eigenvalue weighted by Crippen LogP contribution is 2.34. The minimum Gasteiger partial charge on any atom is -0.497 e. The molecule has 0 saturated heterocycles. The van der Waals surface area contributed by atoms with Crippen LogP contribution in [0.25, 0.3) is 17.3 Å². The summed E-state index contributed by atoms with van der Waals surface area (Å²) in [6, 6.07) is 11.3. The molecular weight excluding hydrogens is 394 g/mol. The van der Waals surface area contributed by atoms with Gasteiger partial charge >= 0.3 is 0 Å². The summed E-state index contributed by atoms with van der Waals surface area (Å²) in [5.41, 5.74) is 2.13. The fourth-order valence-corrected chi connectivity index (χ4v) is 3.20. The smallest absolute Gasteiger partial charge is 0.269 e. The first-order valence-corrected chi connectivity index (χ1v) is 9.29. The van der Waals surface area contributed by atoms with Crippen LogP contribution in [0.5, 0.6) is 11.5 Å². The van der Waals surface area contributed by atoms with Crippen molar-refractivity contribution in [2.75, 3.05) is 19.5 Å². The molecule has 0 aliphatic rings. The highest BCUT2D eigenvalue weighted by molar-refractivity contribution is 7.14. The second kappa shape index (κ2) is 8.98. The molecule has 0 radical (unpaired) electrons. The number of aromatic nitrogens is 1. The number of non-ortho nitro benzene ring substituents is 1. The average molecular weight is 411 g/mol. The SMILES string of the molecule is COc1ccc(-c2csc(NC(=O)/C=C/c3ccc([N+](=O)[O-])cc3)n2)c(OC)c1. The number of thiazole rings is 1. The zero-order valence-corrected chi connectivity index (χ0v) is 16.4. The minimum atomic E-state index is -0.474. The van der Waals surface area contributed by atoms with Crippen molar-refractivity contribution in [2.45, 2.75) is 0 Å². The molecule has 1 aromatic heterocycles. The number of carbonyl (C=O) groups excluding carboxylic acids is 1. The molecular formula is C20H17N3O5S. The van der Waals surface area contributed by atoms with Crippen molar-refractivity contribution < 1.29 is 19.2 Å². The van der Waals surface area contributed by atoms with Gasteiger partial charge in [-0.15, -0.1) is 11.3 Å². The summed E-state index contributed by atoms with van der Waals surface area (Å²) in [4.78, 5) is 26.7. The van der Waals surface area contributed by atoms with Gasteiger partial charge in [-0.2, -0.15) is 0 Å². The molecule has 3 rings (SSSR count). The van der Waals surface area contributed by atoms with Crippen molar-refractivity contribution in [3.05, 3.63) is 69.6 Å². The molecule has 0 aliphatic carbocycles. The zero-order chi connectivity index (χ0) is 20.8. The Balaban J connectivity index is 1.68. The molecule has 0 unspecified atom stereocenters. The maximum Gasteiger partial charge on any atom is 0.269 e. The van der Waals surface area contributed by atoms with Gasteiger partial charge in [-0.3, -0.25) is 20.2 Å². The van der Waals surface area contributed by atoms with Gasteiger partial charge in [0.05, 0.1) is 24.8 Å². The fourth-order valence-electron chi connectivity index (χ4n) is 2.49. The number of hydrogen-bond donors (Lipinski definition) is 1. The number of nitro benzene ring substituents is 1. The van der Waals surface area contributed by atoms with Gasteiger partial charge in [0.1, 0.15) is 11.5 Å². The Kier molecular flexibility index (Phi) is 6.20. The zero-order valence-electron chi connectivity index (χ0n) is 15.6. The quantitative estimate of drug-likeness (QED) is 0.351. The van der Waals surface area contributed by atoms with Gasteiger partial charge in [0.25, 0.3) is 5.69 Å². The topological polar surface area (TPSA) is 104 Å². The largest absolute Gasteiger partial charge is 0.497 e. The van der Waals surface area contributed by atoms with E-state index in [2.05, 4.69) is 10.3 Å². The molecule has 0 fully saturated rings. The van der Waals surface area contributed by atoms with Crippen molar-refractivity contribution in [1.29, 1.82) is 0 Å². The number of hydrogen-bond acceptors (Lipinski definition) is 7. The van der Waals surface area contributed by atoms with Crippen molar-refractivity contribution in [3.63, 3.8) is 0 Å². The third-order valence-corrected chi connectivity index (χ3v) is 4.71. The van der Waals surface area contributed by atoms with Crippen LogP contribution in [0.4, 0.5) is 10.8 Å². The third kappa shape index (κ3) is 4.96. The molecule has 148 valence electrons. The maximum absolute atomic E-state index is 12.1. The summed E-state index contributed by atoms with van der Waals surface area (Å²) >= 11 is 1.29. The third-order valence-electron chi connectivity index (χ3n) is 3.95. The van der Waals surface area contributed by atoms with Crippen LogP contribution in [-0.4, -0.2) is 30.0 Å². The monoisotopic (exact) mass is 411 g/mol. The summed E-state index contributed by atoms with van der Waals surface area (Å²) in [7, 11) is 3.14. The molecule has 9 heteroatoms. The molecule has 1 amide bonds. The second-order valence-electron chi connectivity index (χ2n) is 5.78. The van der Waals surface area contributed by atoms with E-state index in [1.807, 2.05) is 17.5 Å². The molecule has 0 saturated carbocycles. The first-order valence-electron chi connectivity index (χ1n) is 8.41.